The summed E-state index contributed by atoms with van der Waals surface area (Å²) in [6.07, 6.45) is 13.5. The second kappa shape index (κ2) is 7.95. The summed E-state index contributed by atoms with van der Waals surface area (Å²) in [6, 6.07) is 0. The molecule has 1 unspecified atom stereocenters. The molecule has 1 fully saturated rings. The van der Waals surface area contributed by atoms with Crippen LogP contribution in [-0.4, -0.2) is 0 Å². The molecule has 0 aromatic rings. The first-order chi connectivity index (χ1) is 8.13. The molecule has 0 aliphatic heterocycles. The highest BCUT2D eigenvalue weighted by Gasteiger charge is 2.24. The van der Waals surface area contributed by atoms with Crippen LogP contribution in [0, 0.1) is 23.7 Å². The summed E-state index contributed by atoms with van der Waals surface area (Å²) < 4.78 is 0. The quantitative estimate of drug-likeness (QED) is 0.488. The molecule has 1 rings (SSSR count). The lowest BCUT2D eigenvalue weighted by molar-refractivity contribution is 0.196. The van der Waals surface area contributed by atoms with Crippen LogP contribution in [0.4, 0.5) is 0 Å². The van der Waals surface area contributed by atoms with E-state index in [1.807, 2.05) is 0 Å². The summed E-state index contributed by atoms with van der Waals surface area (Å²) >= 11 is 0. The predicted molar refractivity (Wildman–Crippen MR) is 78.1 cm³/mol. The maximum absolute atomic E-state index is 3.83. The van der Waals surface area contributed by atoms with E-state index in [4.69, 9.17) is 0 Å². The third-order valence-corrected chi connectivity index (χ3v) is 4.67. The number of allylic oxidation sites excluding steroid dienone is 1. The molecule has 17 heavy (non-hydrogen) atoms. The Balaban J connectivity index is 2.19. The Morgan fingerprint density at radius 2 is 1.71 bits per heavy atom. The van der Waals surface area contributed by atoms with Gasteiger partial charge in [0.2, 0.25) is 0 Å². The summed E-state index contributed by atoms with van der Waals surface area (Å²) in [5.41, 5.74) is 0. The van der Waals surface area contributed by atoms with Crippen LogP contribution in [0.3, 0.4) is 0 Å². The first kappa shape index (κ1) is 14.8. The predicted octanol–water partition coefficient (Wildman–Crippen LogP) is 5.83. The molecule has 1 aliphatic rings. The second-order valence-electron chi connectivity index (χ2n) is 6.60. The van der Waals surface area contributed by atoms with Gasteiger partial charge in [0.05, 0.1) is 0 Å². The zero-order valence-electron chi connectivity index (χ0n) is 12.3. The Labute approximate surface area is 109 Å². The van der Waals surface area contributed by atoms with Crippen molar-refractivity contribution in [3.8, 4) is 0 Å². The van der Waals surface area contributed by atoms with Gasteiger partial charge in [0.25, 0.3) is 0 Å². The average molecular weight is 236 g/mol. The standard InChI is InChI=1S/C17H32/c1-5-6-7-16-10-12-17(13-11-16)15(4)9-8-14(2)3/h5,14-17H,1,6-13H2,2-4H3. The second-order valence-corrected chi connectivity index (χ2v) is 6.60. The Morgan fingerprint density at radius 1 is 1.06 bits per heavy atom. The van der Waals surface area contributed by atoms with Gasteiger partial charge in [-0.1, -0.05) is 52.5 Å². The van der Waals surface area contributed by atoms with Crippen LogP contribution in [0.1, 0.15) is 72.1 Å². The molecule has 0 radical (unpaired) electrons. The van der Waals surface area contributed by atoms with Crippen molar-refractivity contribution in [1.82, 2.24) is 0 Å². The Morgan fingerprint density at radius 3 is 2.24 bits per heavy atom. The van der Waals surface area contributed by atoms with E-state index in [1.165, 1.54) is 51.4 Å². The van der Waals surface area contributed by atoms with E-state index in [9.17, 15) is 0 Å². The fraction of sp³-hybridized carbons (Fsp3) is 0.882. The van der Waals surface area contributed by atoms with Crippen molar-refractivity contribution >= 4 is 0 Å². The number of rotatable bonds is 7. The fourth-order valence-corrected chi connectivity index (χ4v) is 3.23. The Kier molecular flexibility index (Phi) is 6.92. The van der Waals surface area contributed by atoms with E-state index in [-0.39, 0.29) is 0 Å². The van der Waals surface area contributed by atoms with Crippen LogP contribution in [0.2, 0.25) is 0 Å². The van der Waals surface area contributed by atoms with E-state index in [1.54, 1.807) is 0 Å². The zero-order chi connectivity index (χ0) is 12.7. The Bertz CT molecular complexity index is 196. The fourth-order valence-electron chi connectivity index (χ4n) is 3.23. The van der Waals surface area contributed by atoms with Crippen molar-refractivity contribution in [3.63, 3.8) is 0 Å². The molecule has 0 nitrogen and oxygen atoms in total. The van der Waals surface area contributed by atoms with Gasteiger partial charge >= 0.3 is 0 Å². The SMILES string of the molecule is C=CCCC1CCC(C(C)CCC(C)C)CC1. The minimum Gasteiger partial charge on any atom is -0.103 e. The molecular weight excluding hydrogens is 204 g/mol. The van der Waals surface area contributed by atoms with E-state index in [0.29, 0.717) is 0 Å². The van der Waals surface area contributed by atoms with Crippen LogP contribution in [0.5, 0.6) is 0 Å². The summed E-state index contributed by atoms with van der Waals surface area (Å²) in [4.78, 5) is 0. The van der Waals surface area contributed by atoms with Crippen LogP contribution in [0.15, 0.2) is 12.7 Å². The minimum atomic E-state index is 0.876. The lowest BCUT2D eigenvalue weighted by atomic mass is 9.73. The van der Waals surface area contributed by atoms with Crippen molar-refractivity contribution in [2.24, 2.45) is 23.7 Å². The largest absolute Gasteiger partial charge is 0.103 e. The molecule has 0 heterocycles. The van der Waals surface area contributed by atoms with Gasteiger partial charge in [-0.2, -0.15) is 0 Å². The summed E-state index contributed by atoms with van der Waals surface area (Å²) in [7, 11) is 0. The number of hydrogen-bond donors (Lipinski definition) is 0. The smallest absolute Gasteiger partial charge is 0.0351 e. The van der Waals surface area contributed by atoms with E-state index in [2.05, 4.69) is 33.4 Å². The van der Waals surface area contributed by atoms with Gasteiger partial charge < -0.3 is 0 Å². The summed E-state index contributed by atoms with van der Waals surface area (Å²) in [5, 5.41) is 0. The van der Waals surface area contributed by atoms with Crippen molar-refractivity contribution in [2.45, 2.75) is 72.1 Å². The highest BCUT2D eigenvalue weighted by molar-refractivity contribution is 4.78. The molecule has 1 saturated carbocycles. The third kappa shape index (κ3) is 5.75. The van der Waals surface area contributed by atoms with Gasteiger partial charge in [-0.25, -0.2) is 0 Å². The molecule has 0 amide bonds. The van der Waals surface area contributed by atoms with Crippen LogP contribution in [0.25, 0.3) is 0 Å². The van der Waals surface area contributed by atoms with Gasteiger partial charge in [0.1, 0.15) is 0 Å². The van der Waals surface area contributed by atoms with Crippen molar-refractivity contribution < 1.29 is 0 Å². The molecule has 0 heteroatoms. The third-order valence-electron chi connectivity index (χ3n) is 4.67. The average Bonchev–Trinajstić information content (AvgIpc) is 2.34. The topological polar surface area (TPSA) is 0 Å². The maximum atomic E-state index is 3.83. The monoisotopic (exact) mass is 236 g/mol. The molecule has 0 aromatic carbocycles. The van der Waals surface area contributed by atoms with Gasteiger partial charge in [0, 0.05) is 0 Å². The zero-order valence-corrected chi connectivity index (χ0v) is 12.3. The van der Waals surface area contributed by atoms with Gasteiger partial charge in [-0.3, -0.25) is 0 Å². The summed E-state index contributed by atoms with van der Waals surface area (Å²) in [6.45, 7) is 11.0. The minimum absolute atomic E-state index is 0.876. The molecule has 1 atom stereocenters. The van der Waals surface area contributed by atoms with Crippen LogP contribution >= 0.6 is 0 Å². The van der Waals surface area contributed by atoms with Crippen molar-refractivity contribution in [3.05, 3.63) is 12.7 Å². The highest BCUT2D eigenvalue weighted by Crippen LogP contribution is 2.37. The normalized spacial score (nSPS) is 27.1. The van der Waals surface area contributed by atoms with Gasteiger partial charge in [0.15, 0.2) is 0 Å². The summed E-state index contributed by atoms with van der Waals surface area (Å²) in [5.74, 6) is 3.86. The molecule has 0 bridgehead atoms. The first-order valence-corrected chi connectivity index (χ1v) is 7.74. The Hall–Kier alpha value is -0.260. The molecule has 0 saturated heterocycles. The van der Waals surface area contributed by atoms with E-state index in [0.717, 1.165) is 23.7 Å². The van der Waals surface area contributed by atoms with Crippen LogP contribution in [-0.2, 0) is 0 Å². The molecule has 100 valence electrons. The van der Waals surface area contributed by atoms with Crippen molar-refractivity contribution in [1.29, 1.82) is 0 Å². The van der Waals surface area contributed by atoms with Crippen molar-refractivity contribution in [2.75, 3.05) is 0 Å². The molecule has 1 aliphatic carbocycles. The molecular formula is C17H32. The first-order valence-electron chi connectivity index (χ1n) is 7.74. The molecule has 0 spiro atoms. The lowest BCUT2D eigenvalue weighted by Crippen LogP contribution is -2.20. The van der Waals surface area contributed by atoms with E-state index >= 15 is 0 Å². The number of hydrogen-bond acceptors (Lipinski definition) is 0. The molecule has 0 N–H and O–H groups in total. The lowest BCUT2D eigenvalue weighted by Gasteiger charge is -2.32. The van der Waals surface area contributed by atoms with E-state index < -0.39 is 0 Å². The maximum Gasteiger partial charge on any atom is -0.0351 e. The highest BCUT2D eigenvalue weighted by atomic mass is 14.3. The molecule has 0 aromatic heterocycles. The van der Waals surface area contributed by atoms with Crippen LogP contribution < -0.4 is 0 Å². The van der Waals surface area contributed by atoms with Gasteiger partial charge in [-0.05, 0) is 49.4 Å². The van der Waals surface area contributed by atoms with Gasteiger partial charge in [-0.15, -0.1) is 6.58 Å².